The van der Waals surface area contributed by atoms with Crippen LogP contribution >= 0.6 is 0 Å². The number of pyridine rings is 2. The molecular weight excluding hydrogens is 238 g/mol. The van der Waals surface area contributed by atoms with Crippen molar-refractivity contribution in [3.8, 4) is 0 Å². The lowest BCUT2D eigenvalue weighted by Crippen LogP contribution is -2.33. The maximum absolute atomic E-state index is 12.1. The van der Waals surface area contributed by atoms with Gasteiger partial charge in [-0.1, -0.05) is 12.1 Å². The zero-order valence-corrected chi connectivity index (χ0v) is 10.7. The fourth-order valence-electron chi connectivity index (χ4n) is 2.70. The molecule has 0 amide bonds. The SMILES string of the molecule is N[C@H]1CCc2c(ccc(=O)n2Cc2cccnc2)C1. The Morgan fingerprint density at radius 3 is 3.05 bits per heavy atom. The quantitative estimate of drug-likeness (QED) is 0.874. The summed E-state index contributed by atoms with van der Waals surface area (Å²) >= 11 is 0. The standard InChI is InChI=1S/C15H17N3O/c16-13-4-5-14-12(8-13)3-6-15(19)18(14)10-11-2-1-7-17-9-11/h1-3,6-7,9,13H,4-5,8,10,16H2/t13-/m0/s1. The molecule has 0 unspecified atom stereocenters. The van der Waals surface area contributed by atoms with Crippen molar-refractivity contribution >= 4 is 0 Å². The molecule has 98 valence electrons. The molecule has 4 nitrogen and oxygen atoms in total. The Labute approximate surface area is 111 Å². The molecule has 2 aromatic rings. The molecule has 1 atom stereocenters. The molecule has 0 bridgehead atoms. The summed E-state index contributed by atoms with van der Waals surface area (Å²) in [5.74, 6) is 0. The third-order valence-electron chi connectivity index (χ3n) is 3.69. The number of hydrogen-bond donors (Lipinski definition) is 1. The summed E-state index contributed by atoms with van der Waals surface area (Å²) in [4.78, 5) is 16.2. The summed E-state index contributed by atoms with van der Waals surface area (Å²) in [6.07, 6.45) is 6.24. The van der Waals surface area contributed by atoms with Crippen LogP contribution < -0.4 is 11.3 Å². The first-order valence-corrected chi connectivity index (χ1v) is 6.60. The van der Waals surface area contributed by atoms with Crippen LogP contribution in [-0.4, -0.2) is 15.6 Å². The summed E-state index contributed by atoms with van der Waals surface area (Å²) < 4.78 is 1.86. The highest BCUT2D eigenvalue weighted by molar-refractivity contribution is 5.26. The number of rotatable bonds is 2. The van der Waals surface area contributed by atoms with E-state index in [4.69, 9.17) is 5.73 Å². The second kappa shape index (κ2) is 4.97. The highest BCUT2D eigenvalue weighted by Crippen LogP contribution is 2.19. The third kappa shape index (κ3) is 2.44. The minimum Gasteiger partial charge on any atom is -0.327 e. The fourth-order valence-corrected chi connectivity index (χ4v) is 2.70. The van der Waals surface area contributed by atoms with Crippen LogP contribution in [0.5, 0.6) is 0 Å². The topological polar surface area (TPSA) is 60.9 Å². The normalized spacial score (nSPS) is 18.1. The number of nitrogens with zero attached hydrogens (tertiary/aromatic N) is 2. The molecule has 2 heterocycles. The Morgan fingerprint density at radius 1 is 1.37 bits per heavy atom. The second-order valence-corrected chi connectivity index (χ2v) is 5.09. The Kier molecular flexibility index (Phi) is 3.17. The minimum absolute atomic E-state index is 0.0538. The average Bonchev–Trinajstić information content (AvgIpc) is 2.43. The molecule has 0 saturated carbocycles. The Balaban J connectivity index is 2.01. The molecular formula is C15H17N3O. The van der Waals surface area contributed by atoms with Gasteiger partial charge in [0, 0.05) is 30.2 Å². The molecule has 0 aromatic carbocycles. The zero-order chi connectivity index (χ0) is 13.2. The van der Waals surface area contributed by atoms with E-state index >= 15 is 0 Å². The van der Waals surface area contributed by atoms with Gasteiger partial charge in [-0.2, -0.15) is 0 Å². The lowest BCUT2D eigenvalue weighted by atomic mass is 9.92. The number of hydrogen-bond acceptors (Lipinski definition) is 3. The summed E-state index contributed by atoms with van der Waals surface area (Å²) in [6.45, 7) is 0.588. The maximum Gasteiger partial charge on any atom is 0.251 e. The van der Waals surface area contributed by atoms with Crippen LogP contribution in [0.3, 0.4) is 0 Å². The first kappa shape index (κ1) is 12.1. The highest BCUT2D eigenvalue weighted by Gasteiger charge is 2.18. The zero-order valence-electron chi connectivity index (χ0n) is 10.7. The smallest absolute Gasteiger partial charge is 0.251 e. The van der Waals surface area contributed by atoms with Gasteiger partial charge in [0.1, 0.15) is 0 Å². The monoisotopic (exact) mass is 255 g/mol. The maximum atomic E-state index is 12.1. The average molecular weight is 255 g/mol. The lowest BCUT2D eigenvalue weighted by molar-refractivity contribution is 0.536. The van der Waals surface area contributed by atoms with Crippen LogP contribution in [0.25, 0.3) is 0 Å². The van der Waals surface area contributed by atoms with Gasteiger partial charge in [0.25, 0.3) is 5.56 Å². The van der Waals surface area contributed by atoms with E-state index in [1.165, 1.54) is 5.56 Å². The fraction of sp³-hybridized carbons (Fsp3) is 0.333. The number of nitrogens with two attached hydrogens (primary N) is 1. The molecule has 1 aliphatic carbocycles. The summed E-state index contributed by atoms with van der Waals surface area (Å²) in [7, 11) is 0. The largest absolute Gasteiger partial charge is 0.327 e. The molecule has 4 heteroatoms. The van der Waals surface area contributed by atoms with Gasteiger partial charge in [0.15, 0.2) is 0 Å². The lowest BCUT2D eigenvalue weighted by Gasteiger charge is -2.24. The summed E-state index contributed by atoms with van der Waals surface area (Å²) in [5.41, 5.74) is 9.44. The van der Waals surface area contributed by atoms with Crippen molar-refractivity contribution in [3.05, 3.63) is 63.8 Å². The van der Waals surface area contributed by atoms with Crippen molar-refractivity contribution in [2.75, 3.05) is 0 Å². The third-order valence-corrected chi connectivity index (χ3v) is 3.69. The van der Waals surface area contributed by atoms with E-state index in [2.05, 4.69) is 4.98 Å². The van der Waals surface area contributed by atoms with Crippen molar-refractivity contribution in [1.29, 1.82) is 0 Å². The molecule has 0 saturated heterocycles. The second-order valence-electron chi connectivity index (χ2n) is 5.09. The Hall–Kier alpha value is -1.94. The molecule has 0 aliphatic heterocycles. The summed E-state index contributed by atoms with van der Waals surface area (Å²) in [5, 5.41) is 0. The van der Waals surface area contributed by atoms with E-state index in [0.29, 0.717) is 6.54 Å². The van der Waals surface area contributed by atoms with Crippen LogP contribution in [0.2, 0.25) is 0 Å². The van der Waals surface area contributed by atoms with Crippen LogP contribution in [0.15, 0.2) is 41.5 Å². The number of aromatic nitrogens is 2. The van der Waals surface area contributed by atoms with Gasteiger partial charge >= 0.3 is 0 Å². The van der Waals surface area contributed by atoms with E-state index in [1.807, 2.05) is 22.8 Å². The molecule has 2 aromatic heterocycles. The van der Waals surface area contributed by atoms with E-state index in [1.54, 1.807) is 18.5 Å². The number of fused-ring (bicyclic) bond motifs is 1. The van der Waals surface area contributed by atoms with Gasteiger partial charge in [-0.3, -0.25) is 9.78 Å². The Morgan fingerprint density at radius 2 is 2.26 bits per heavy atom. The first-order valence-electron chi connectivity index (χ1n) is 6.60. The van der Waals surface area contributed by atoms with Gasteiger partial charge in [0.05, 0.1) is 6.54 Å². The van der Waals surface area contributed by atoms with Crippen molar-refractivity contribution < 1.29 is 0 Å². The van der Waals surface area contributed by atoms with Crippen molar-refractivity contribution in [2.24, 2.45) is 5.73 Å². The molecule has 3 rings (SSSR count). The minimum atomic E-state index is 0.0538. The van der Waals surface area contributed by atoms with Crippen LogP contribution in [0.4, 0.5) is 0 Å². The molecule has 0 radical (unpaired) electrons. The van der Waals surface area contributed by atoms with Crippen molar-refractivity contribution in [3.63, 3.8) is 0 Å². The van der Waals surface area contributed by atoms with Crippen LogP contribution in [-0.2, 0) is 19.4 Å². The van der Waals surface area contributed by atoms with Crippen molar-refractivity contribution in [2.45, 2.75) is 31.8 Å². The summed E-state index contributed by atoms with van der Waals surface area (Å²) in [6, 6.07) is 7.68. The predicted octanol–water partition coefficient (Wildman–Crippen LogP) is 1.11. The Bertz CT molecular complexity index is 634. The van der Waals surface area contributed by atoms with Crippen LogP contribution in [0, 0.1) is 0 Å². The van der Waals surface area contributed by atoms with E-state index in [-0.39, 0.29) is 11.6 Å². The van der Waals surface area contributed by atoms with E-state index in [9.17, 15) is 4.79 Å². The molecule has 19 heavy (non-hydrogen) atoms. The van der Waals surface area contributed by atoms with E-state index in [0.717, 1.165) is 30.5 Å². The molecule has 2 N–H and O–H groups in total. The van der Waals surface area contributed by atoms with Crippen LogP contribution in [0.1, 0.15) is 23.2 Å². The van der Waals surface area contributed by atoms with Gasteiger partial charge in [-0.15, -0.1) is 0 Å². The highest BCUT2D eigenvalue weighted by atomic mass is 16.1. The van der Waals surface area contributed by atoms with Crippen molar-refractivity contribution in [1.82, 2.24) is 9.55 Å². The first-order chi connectivity index (χ1) is 9.24. The van der Waals surface area contributed by atoms with Gasteiger partial charge in [0.2, 0.25) is 0 Å². The van der Waals surface area contributed by atoms with Gasteiger partial charge in [-0.05, 0) is 36.5 Å². The molecule has 1 aliphatic rings. The molecule has 0 spiro atoms. The predicted molar refractivity (Wildman–Crippen MR) is 74.0 cm³/mol. The van der Waals surface area contributed by atoms with E-state index < -0.39 is 0 Å². The van der Waals surface area contributed by atoms with Gasteiger partial charge in [-0.25, -0.2) is 0 Å². The van der Waals surface area contributed by atoms with Gasteiger partial charge < -0.3 is 10.3 Å². The molecule has 0 fully saturated rings.